The maximum absolute atomic E-state index is 13.8. The molecule has 2 amide bonds. The Kier molecular flexibility index (Phi) is 5.37. The van der Waals surface area contributed by atoms with E-state index in [1.165, 1.54) is 29.2 Å². The molecule has 0 bridgehead atoms. The van der Waals surface area contributed by atoms with Gasteiger partial charge in [-0.3, -0.25) is 19.7 Å². The van der Waals surface area contributed by atoms with Crippen molar-refractivity contribution in [2.24, 2.45) is 0 Å². The summed E-state index contributed by atoms with van der Waals surface area (Å²) in [6.07, 6.45) is 0. The van der Waals surface area contributed by atoms with Gasteiger partial charge in [0.1, 0.15) is 5.70 Å². The Morgan fingerprint density at radius 1 is 0.800 bits per heavy atom. The van der Waals surface area contributed by atoms with Crippen LogP contribution in [0.1, 0.15) is 16.7 Å². The maximum Gasteiger partial charge on any atom is 0.282 e. The average Bonchev–Trinajstić information content (AvgIpc) is 3.10. The van der Waals surface area contributed by atoms with Crippen LogP contribution < -0.4 is 10.2 Å². The van der Waals surface area contributed by atoms with Crippen LogP contribution in [0.5, 0.6) is 0 Å². The van der Waals surface area contributed by atoms with Gasteiger partial charge in [-0.1, -0.05) is 48.5 Å². The first kappa shape index (κ1) is 22.0. The summed E-state index contributed by atoms with van der Waals surface area (Å²) in [5, 5.41) is 16.2. The Hall–Kier alpha value is -4.78. The van der Waals surface area contributed by atoms with Gasteiger partial charge in [0.25, 0.3) is 17.5 Å². The predicted octanol–water partition coefficient (Wildman–Crippen LogP) is 5.76. The molecule has 1 heterocycles. The molecule has 0 aromatic heterocycles. The van der Waals surface area contributed by atoms with Crippen molar-refractivity contribution < 1.29 is 14.5 Å². The van der Waals surface area contributed by atoms with Crippen molar-refractivity contribution in [3.63, 3.8) is 0 Å². The monoisotopic (exact) mass is 463 g/mol. The van der Waals surface area contributed by atoms with Gasteiger partial charge in [-0.05, 0) is 60.2 Å². The van der Waals surface area contributed by atoms with Crippen molar-refractivity contribution in [3.05, 3.63) is 117 Å². The predicted molar refractivity (Wildman–Crippen MR) is 136 cm³/mol. The Balaban J connectivity index is 1.68. The van der Waals surface area contributed by atoms with Crippen LogP contribution in [0.15, 0.2) is 90.6 Å². The average molecular weight is 463 g/mol. The minimum absolute atomic E-state index is 0.0962. The number of amides is 2. The highest BCUT2D eigenvalue weighted by molar-refractivity contribution is 6.46. The van der Waals surface area contributed by atoms with Crippen LogP contribution in [0.2, 0.25) is 0 Å². The lowest BCUT2D eigenvalue weighted by atomic mass is 10.0. The third-order valence-corrected chi connectivity index (χ3v) is 6.32. The Morgan fingerprint density at radius 3 is 2.23 bits per heavy atom. The number of nitrogens with zero attached hydrogens (tertiary/aromatic N) is 2. The molecule has 172 valence electrons. The highest BCUT2D eigenvalue weighted by atomic mass is 16.6. The standard InChI is InChI=1S/C28H21N3O4/c1-17-7-5-12-24(18(17)2)30-27(32)25(20-13-15-21(16-14-20)31(34)35)26(28(30)33)29-23-11-6-9-19-8-3-4-10-22(19)23/h3-16,29H,1-2H3. The number of hydrogen-bond acceptors (Lipinski definition) is 5. The summed E-state index contributed by atoms with van der Waals surface area (Å²) in [5.74, 6) is -0.967. The molecule has 0 saturated heterocycles. The third-order valence-electron chi connectivity index (χ3n) is 6.32. The molecule has 0 unspecified atom stereocenters. The van der Waals surface area contributed by atoms with Gasteiger partial charge < -0.3 is 5.32 Å². The fraction of sp³-hybridized carbons (Fsp3) is 0.0714. The first-order valence-corrected chi connectivity index (χ1v) is 11.1. The normalized spacial score (nSPS) is 13.6. The molecule has 7 nitrogen and oxygen atoms in total. The highest BCUT2D eigenvalue weighted by Crippen LogP contribution is 2.37. The first-order chi connectivity index (χ1) is 16.9. The quantitative estimate of drug-likeness (QED) is 0.231. The van der Waals surface area contributed by atoms with E-state index in [9.17, 15) is 19.7 Å². The lowest BCUT2D eigenvalue weighted by Gasteiger charge is -2.19. The van der Waals surface area contributed by atoms with E-state index in [-0.39, 0.29) is 17.0 Å². The molecule has 0 spiro atoms. The molecule has 0 fully saturated rings. The van der Waals surface area contributed by atoms with Gasteiger partial charge in [0.05, 0.1) is 16.2 Å². The second-order valence-electron chi connectivity index (χ2n) is 8.37. The molecule has 5 rings (SSSR count). The van der Waals surface area contributed by atoms with Crippen LogP contribution in [0, 0.1) is 24.0 Å². The van der Waals surface area contributed by atoms with E-state index in [0.717, 1.165) is 21.9 Å². The van der Waals surface area contributed by atoms with Gasteiger partial charge in [0, 0.05) is 23.2 Å². The molecular formula is C28H21N3O4. The number of carbonyl (C=O) groups is 2. The molecule has 4 aromatic rings. The molecule has 1 aliphatic rings. The van der Waals surface area contributed by atoms with Crippen LogP contribution in [0.25, 0.3) is 16.3 Å². The highest BCUT2D eigenvalue weighted by Gasteiger charge is 2.41. The zero-order valence-electron chi connectivity index (χ0n) is 19.1. The summed E-state index contributed by atoms with van der Waals surface area (Å²) in [7, 11) is 0. The molecule has 0 saturated carbocycles. The zero-order valence-corrected chi connectivity index (χ0v) is 19.1. The SMILES string of the molecule is Cc1cccc(N2C(=O)C(Nc3cccc4ccccc34)=C(c3ccc([N+](=O)[O-])cc3)C2=O)c1C. The second-order valence-corrected chi connectivity index (χ2v) is 8.37. The Bertz CT molecular complexity index is 1550. The minimum Gasteiger partial charge on any atom is -0.350 e. The summed E-state index contributed by atoms with van der Waals surface area (Å²) >= 11 is 0. The van der Waals surface area contributed by atoms with Gasteiger partial charge in [0.15, 0.2) is 0 Å². The third kappa shape index (κ3) is 3.73. The summed E-state index contributed by atoms with van der Waals surface area (Å²) in [4.78, 5) is 39.3. The fourth-order valence-electron chi connectivity index (χ4n) is 4.33. The van der Waals surface area contributed by atoms with E-state index in [0.29, 0.717) is 16.9 Å². The lowest BCUT2D eigenvalue weighted by molar-refractivity contribution is -0.384. The summed E-state index contributed by atoms with van der Waals surface area (Å²) in [5.41, 5.74) is 3.58. The zero-order chi connectivity index (χ0) is 24.7. The molecule has 4 aromatic carbocycles. The van der Waals surface area contributed by atoms with Crippen molar-refractivity contribution in [2.75, 3.05) is 10.2 Å². The lowest BCUT2D eigenvalue weighted by Crippen LogP contribution is -2.33. The largest absolute Gasteiger partial charge is 0.350 e. The van der Waals surface area contributed by atoms with Gasteiger partial charge in [-0.15, -0.1) is 0 Å². The van der Waals surface area contributed by atoms with E-state index in [2.05, 4.69) is 5.32 Å². The van der Waals surface area contributed by atoms with E-state index in [4.69, 9.17) is 0 Å². The number of nitrogens with one attached hydrogen (secondary N) is 1. The fourth-order valence-corrected chi connectivity index (χ4v) is 4.33. The second kappa shape index (κ2) is 8.53. The van der Waals surface area contributed by atoms with Crippen molar-refractivity contribution in [3.8, 4) is 0 Å². The van der Waals surface area contributed by atoms with E-state index < -0.39 is 16.7 Å². The van der Waals surface area contributed by atoms with Gasteiger partial charge in [-0.25, -0.2) is 4.90 Å². The van der Waals surface area contributed by atoms with Crippen molar-refractivity contribution >= 4 is 45.2 Å². The van der Waals surface area contributed by atoms with Crippen LogP contribution in [-0.2, 0) is 9.59 Å². The summed E-state index contributed by atoms with van der Waals surface area (Å²) in [6, 6.07) is 24.6. The molecule has 1 N–H and O–H groups in total. The topological polar surface area (TPSA) is 92.6 Å². The molecular weight excluding hydrogens is 442 g/mol. The van der Waals surface area contributed by atoms with Crippen molar-refractivity contribution in [1.82, 2.24) is 0 Å². The van der Waals surface area contributed by atoms with E-state index in [1.54, 1.807) is 12.1 Å². The Morgan fingerprint density at radius 2 is 1.49 bits per heavy atom. The molecule has 0 aliphatic carbocycles. The maximum atomic E-state index is 13.8. The molecule has 0 atom stereocenters. The molecule has 35 heavy (non-hydrogen) atoms. The van der Waals surface area contributed by atoms with Gasteiger partial charge >= 0.3 is 0 Å². The first-order valence-electron chi connectivity index (χ1n) is 11.1. The number of nitro benzene ring substituents is 1. The van der Waals surface area contributed by atoms with Gasteiger partial charge in [-0.2, -0.15) is 0 Å². The van der Waals surface area contributed by atoms with Crippen LogP contribution in [0.4, 0.5) is 17.1 Å². The van der Waals surface area contributed by atoms with Crippen LogP contribution in [-0.4, -0.2) is 16.7 Å². The number of non-ortho nitro benzene ring substituents is 1. The number of hydrogen-bond donors (Lipinski definition) is 1. The number of benzene rings is 4. The van der Waals surface area contributed by atoms with Crippen LogP contribution >= 0.6 is 0 Å². The van der Waals surface area contributed by atoms with E-state index in [1.807, 2.05) is 62.4 Å². The summed E-state index contributed by atoms with van der Waals surface area (Å²) < 4.78 is 0. The smallest absolute Gasteiger partial charge is 0.282 e. The van der Waals surface area contributed by atoms with Gasteiger partial charge in [0.2, 0.25) is 0 Å². The van der Waals surface area contributed by atoms with Crippen molar-refractivity contribution in [1.29, 1.82) is 0 Å². The number of imide groups is 1. The number of aryl methyl sites for hydroxylation is 1. The number of nitro groups is 1. The van der Waals surface area contributed by atoms with Crippen LogP contribution in [0.3, 0.4) is 0 Å². The molecule has 1 aliphatic heterocycles. The number of carbonyl (C=O) groups excluding carboxylic acids is 2. The Labute approximate surface area is 201 Å². The summed E-state index contributed by atoms with van der Waals surface area (Å²) in [6.45, 7) is 3.79. The molecule has 7 heteroatoms. The molecule has 0 radical (unpaired) electrons. The van der Waals surface area contributed by atoms with Crippen molar-refractivity contribution in [2.45, 2.75) is 13.8 Å². The van der Waals surface area contributed by atoms with E-state index >= 15 is 0 Å². The number of rotatable bonds is 5. The number of anilines is 2. The minimum atomic E-state index is -0.503. The number of fused-ring (bicyclic) bond motifs is 1.